The van der Waals surface area contributed by atoms with Crippen molar-refractivity contribution in [1.82, 2.24) is 20.4 Å². The van der Waals surface area contributed by atoms with Crippen LogP contribution in [0.4, 0.5) is 13.2 Å². The van der Waals surface area contributed by atoms with E-state index >= 15 is 0 Å². The van der Waals surface area contributed by atoms with Gasteiger partial charge in [0.05, 0.1) is 12.6 Å². The molecule has 0 saturated heterocycles. The summed E-state index contributed by atoms with van der Waals surface area (Å²) in [6, 6.07) is 0. The molecule has 0 aliphatic carbocycles. The number of ether oxygens (including phenoxy) is 1. The van der Waals surface area contributed by atoms with Crippen LogP contribution in [0.2, 0.25) is 0 Å². The highest BCUT2D eigenvalue weighted by Crippen LogP contribution is 2.30. The fraction of sp³-hybridized carbons (Fsp3) is 0.750. The van der Waals surface area contributed by atoms with Crippen molar-refractivity contribution in [3.05, 3.63) is 17.5 Å². The number of nitrogens with one attached hydrogen (secondary N) is 2. The van der Waals surface area contributed by atoms with Gasteiger partial charge in [-0.3, -0.25) is 4.68 Å². The molecule has 2 N–H and O–H groups in total. The first-order valence-corrected chi connectivity index (χ1v) is 8.13. The number of alkyl halides is 3. The molecular weight excluding hydrogens is 335 g/mol. The third-order valence-electron chi connectivity index (χ3n) is 3.63. The molecule has 0 fully saturated rings. The Bertz CT molecular complexity index is 575. The molecule has 1 atom stereocenters. The lowest BCUT2D eigenvalue weighted by Gasteiger charge is -2.30. The van der Waals surface area contributed by atoms with Crippen LogP contribution in [0.5, 0.6) is 0 Å². The molecule has 1 heterocycles. The summed E-state index contributed by atoms with van der Waals surface area (Å²) in [7, 11) is 3.09. The summed E-state index contributed by atoms with van der Waals surface area (Å²) in [5.41, 5.74) is -0.948. The van der Waals surface area contributed by atoms with Crippen LogP contribution in [0.25, 0.3) is 0 Å². The van der Waals surface area contributed by atoms with Crippen molar-refractivity contribution in [2.45, 2.75) is 46.5 Å². The van der Waals surface area contributed by atoms with E-state index in [1.807, 2.05) is 6.92 Å². The van der Waals surface area contributed by atoms with E-state index in [2.05, 4.69) is 41.5 Å². The molecule has 25 heavy (non-hydrogen) atoms. The van der Waals surface area contributed by atoms with Crippen molar-refractivity contribution in [3.63, 3.8) is 0 Å². The van der Waals surface area contributed by atoms with Gasteiger partial charge in [-0.25, -0.2) is 4.99 Å². The minimum Gasteiger partial charge on any atom is -0.379 e. The van der Waals surface area contributed by atoms with E-state index in [0.29, 0.717) is 19.0 Å². The number of hydrogen-bond donors (Lipinski definition) is 2. The predicted octanol–water partition coefficient (Wildman–Crippen LogP) is 2.56. The standard InChI is InChI=1S/C16H28F3N5O/c1-7-20-14(22-9-12(25-6)15(2,3)4)21-8-11-10-24(5)23-13(11)16(17,18)19/h10,12H,7-9H2,1-6H3,(H2,20,21,22). The zero-order valence-electron chi connectivity index (χ0n) is 15.7. The molecule has 0 radical (unpaired) electrons. The third-order valence-corrected chi connectivity index (χ3v) is 3.63. The maximum atomic E-state index is 13.0. The second-order valence-corrected chi connectivity index (χ2v) is 6.84. The second kappa shape index (κ2) is 8.55. The van der Waals surface area contributed by atoms with Gasteiger partial charge in [0, 0.05) is 39.0 Å². The van der Waals surface area contributed by atoms with E-state index in [4.69, 9.17) is 4.74 Å². The van der Waals surface area contributed by atoms with Gasteiger partial charge in [0.1, 0.15) is 0 Å². The first kappa shape index (κ1) is 21.3. The van der Waals surface area contributed by atoms with E-state index in [1.54, 1.807) is 7.11 Å². The minimum atomic E-state index is -4.49. The number of aryl methyl sites for hydroxylation is 1. The number of halogens is 3. The molecule has 0 aliphatic rings. The highest BCUT2D eigenvalue weighted by Gasteiger charge is 2.36. The average molecular weight is 363 g/mol. The van der Waals surface area contributed by atoms with Gasteiger partial charge in [0.2, 0.25) is 0 Å². The summed E-state index contributed by atoms with van der Waals surface area (Å²) in [5.74, 6) is 0.436. The van der Waals surface area contributed by atoms with Crippen LogP contribution >= 0.6 is 0 Å². The van der Waals surface area contributed by atoms with Crippen molar-refractivity contribution < 1.29 is 17.9 Å². The lowest BCUT2D eigenvalue weighted by molar-refractivity contribution is -0.142. The van der Waals surface area contributed by atoms with E-state index in [-0.39, 0.29) is 23.6 Å². The van der Waals surface area contributed by atoms with Crippen molar-refractivity contribution in [2.75, 3.05) is 20.2 Å². The van der Waals surface area contributed by atoms with Crippen molar-refractivity contribution >= 4 is 5.96 Å². The third kappa shape index (κ3) is 6.56. The summed E-state index contributed by atoms with van der Waals surface area (Å²) in [5, 5.41) is 9.63. The summed E-state index contributed by atoms with van der Waals surface area (Å²) >= 11 is 0. The SMILES string of the molecule is CCNC(=NCc1cn(C)nc1C(F)(F)F)NCC(OC)C(C)(C)C. The van der Waals surface area contributed by atoms with Crippen LogP contribution in [0.3, 0.4) is 0 Å². The quantitative estimate of drug-likeness (QED) is 0.602. The zero-order chi connectivity index (χ0) is 19.3. The van der Waals surface area contributed by atoms with Crippen LogP contribution in [0.1, 0.15) is 39.0 Å². The summed E-state index contributed by atoms with van der Waals surface area (Å²) in [4.78, 5) is 4.25. The highest BCUT2D eigenvalue weighted by atomic mass is 19.4. The average Bonchev–Trinajstić information content (AvgIpc) is 2.85. The molecule has 6 nitrogen and oxygen atoms in total. The Morgan fingerprint density at radius 1 is 1.32 bits per heavy atom. The lowest BCUT2D eigenvalue weighted by Crippen LogP contribution is -2.45. The van der Waals surface area contributed by atoms with Crippen LogP contribution in [0.15, 0.2) is 11.2 Å². The minimum absolute atomic E-state index is 0.0336. The zero-order valence-corrected chi connectivity index (χ0v) is 15.7. The van der Waals surface area contributed by atoms with E-state index in [0.717, 1.165) is 4.68 Å². The van der Waals surface area contributed by atoms with Gasteiger partial charge in [-0.2, -0.15) is 18.3 Å². The van der Waals surface area contributed by atoms with Gasteiger partial charge in [-0.15, -0.1) is 0 Å². The Hall–Kier alpha value is -1.77. The molecule has 1 unspecified atom stereocenters. The number of aliphatic imine (C=N–C) groups is 1. The van der Waals surface area contributed by atoms with E-state index in [1.165, 1.54) is 13.2 Å². The first-order chi connectivity index (χ1) is 11.5. The van der Waals surface area contributed by atoms with Gasteiger partial charge >= 0.3 is 6.18 Å². The Morgan fingerprint density at radius 2 is 1.96 bits per heavy atom. The van der Waals surface area contributed by atoms with Gasteiger partial charge in [-0.1, -0.05) is 20.8 Å². The summed E-state index contributed by atoms with van der Waals surface area (Å²) in [6.07, 6.45) is -3.23. The second-order valence-electron chi connectivity index (χ2n) is 6.84. The molecule has 144 valence electrons. The van der Waals surface area contributed by atoms with Crippen LogP contribution < -0.4 is 10.6 Å². The predicted molar refractivity (Wildman–Crippen MR) is 91.3 cm³/mol. The van der Waals surface area contributed by atoms with Crippen molar-refractivity contribution in [3.8, 4) is 0 Å². The van der Waals surface area contributed by atoms with E-state index < -0.39 is 11.9 Å². The molecule has 0 spiro atoms. The first-order valence-electron chi connectivity index (χ1n) is 8.13. The topological polar surface area (TPSA) is 63.5 Å². The molecule has 0 aliphatic heterocycles. The Balaban J connectivity index is 2.87. The van der Waals surface area contributed by atoms with Crippen LogP contribution in [-0.4, -0.2) is 42.0 Å². The number of rotatable bonds is 6. The number of aromatic nitrogens is 2. The smallest absolute Gasteiger partial charge is 0.379 e. The fourth-order valence-corrected chi connectivity index (χ4v) is 2.33. The molecule has 0 amide bonds. The fourth-order valence-electron chi connectivity index (χ4n) is 2.33. The van der Waals surface area contributed by atoms with Crippen LogP contribution in [-0.2, 0) is 24.5 Å². The molecule has 1 aromatic rings. The molecule has 0 saturated carbocycles. The van der Waals surface area contributed by atoms with Gasteiger partial charge in [-0.05, 0) is 12.3 Å². The maximum absolute atomic E-state index is 13.0. The largest absolute Gasteiger partial charge is 0.435 e. The number of nitrogens with zero attached hydrogens (tertiary/aromatic N) is 3. The van der Waals surface area contributed by atoms with Crippen LogP contribution in [0, 0.1) is 5.41 Å². The molecule has 0 bridgehead atoms. The number of methoxy groups -OCH3 is 1. The van der Waals surface area contributed by atoms with Gasteiger partial charge in [0.15, 0.2) is 11.7 Å². The molecule has 1 rings (SSSR count). The van der Waals surface area contributed by atoms with Gasteiger partial charge in [0.25, 0.3) is 0 Å². The Morgan fingerprint density at radius 3 is 2.44 bits per heavy atom. The molecule has 9 heteroatoms. The monoisotopic (exact) mass is 363 g/mol. The number of guanidine groups is 1. The van der Waals surface area contributed by atoms with E-state index in [9.17, 15) is 13.2 Å². The molecule has 0 aromatic carbocycles. The van der Waals surface area contributed by atoms with Crippen molar-refractivity contribution in [1.29, 1.82) is 0 Å². The summed E-state index contributed by atoms with van der Waals surface area (Å²) in [6.45, 7) is 9.02. The van der Waals surface area contributed by atoms with Crippen molar-refractivity contribution in [2.24, 2.45) is 17.5 Å². The number of hydrogen-bond acceptors (Lipinski definition) is 3. The highest BCUT2D eigenvalue weighted by molar-refractivity contribution is 5.79. The normalized spacial score (nSPS) is 14.5. The van der Waals surface area contributed by atoms with Gasteiger partial charge < -0.3 is 15.4 Å². The lowest BCUT2D eigenvalue weighted by atomic mass is 9.89. The Labute approximate surface area is 146 Å². The Kier molecular flexibility index (Phi) is 7.28. The molecule has 1 aromatic heterocycles. The maximum Gasteiger partial charge on any atom is 0.435 e. The summed E-state index contributed by atoms with van der Waals surface area (Å²) < 4.78 is 45.6. The molecular formula is C16H28F3N5O.